The average Bonchev–Trinajstić information content (AvgIpc) is 2.18. The Morgan fingerprint density at radius 1 is 1.29 bits per heavy atom. The first-order valence-electron chi connectivity index (χ1n) is 4.42. The van der Waals surface area contributed by atoms with Crippen LogP contribution in [0.15, 0.2) is 12.4 Å². The van der Waals surface area contributed by atoms with Crippen molar-refractivity contribution in [3.8, 4) is 5.88 Å². The van der Waals surface area contributed by atoms with E-state index in [1.807, 2.05) is 0 Å². The normalized spacial score (nSPS) is 10.1. The van der Waals surface area contributed by atoms with Gasteiger partial charge in [0.15, 0.2) is 0 Å². The quantitative estimate of drug-likeness (QED) is 0.539. The molecule has 0 N–H and O–H groups in total. The minimum absolute atomic E-state index is 0.395. The fraction of sp³-hybridized carbons (Fsp3) is 0.556. The molecule has 0 atom stereocenters. The predicted molar refractivity (Wildman–Crippen MR) is 53.6 cm³/mol. The lowest BCUT2D eigenvalue weighted by Crippen LogP contribution is -2.01. The Morgan fingerprint density at radius 3 is 2.79 bits per heavy atom. The van der Waals surface area contributed by atoms with Gasteiger partial charge >= 0.3 is 0 Å². The fourth-order valence-corrected chi connectivity index (χ4v) is 1.06. The van der Waals surface area contributed by atoms with E-state index in [9.17, 15) is 0 Å². The van der Waals surface area contributed by atoms with Crippen molar-refractivity contribution >= 4 is 11.6 Å². The van der Waals surface area contributed by atoms with E-state index < -0.39 is 0 Å². The molecule has 0 fully saturated rings. The molecule has 0 aliphatic carbocycles. The van der Waals surface area contributed by atoms with Crippen LogP contribution >= 0.6 is 11.6 Å². The third-order valence-electron chi connectivity index (χ3n) is 1.60. The van der Waals surface area contributed by atoms with Gasteiger partial charge in [0.1, 0.15) is 11.5 Å². The Bertz CT molecular complexity index is 271. The van der Waals surface area contributed by atoms with Gasteiger partial charge in [0, 0.05) is 19.8 Å². The molecule has 0 bridgehead atoms. The third-order valence-corrected chi connectivity index (χ3v) is 1.81. The van der Waals surface area contributed by atoms with Crippen molar-refractivity contribution in [2.45, 2.75) is 12.8 Å². The van der Waals surface area contributed by atoms with Crippen LogP contribution < -0.4 is 4.74 Å². The van der Waals surface area contributed by atoms with Crippen LogP contribution in [-0.4, -0.2) is 30.3 Å². The average molecular weight is 217 g/mol. The Balaban J connectivity index is 2.18. The van der Waals surface area contributed by atoms with Gasteiger partial charge in [0.25, 0.3) is 0 Å². The van der Waals surface area contributed by atoms with Crippen LogP contribution in [0.3, 0.4) is 0 Å². The van der Waals surface area contributed by atoms with Gasteiger partial charge in [-0.3, -0.25) is 0 Å². The molecular weight excluding hydrogens is 204 g/mol. The predicted octanol–water partition coefficient (Wildman–Crippen LogP) is 1.94. The highest BCUT2D eigenvalue weighted by Crippen LogP contribution is 2.10. The molecule has 5 heteroatoms. The second kappa shape index (κ2) is 6.56. The minimum atomic E-state index is 0.395. The zero-order valence-corrected chi connectivity index (χ0v) is 8.83. The van der Waals surface area contributed by atoms with E-state index in [2.05, 4.69) is 9.97 Å². The zero-order chi connectivity index (χ0) is 10.2. The standard InChI is InChI=1S/C9H13ClN2O2/c1-13-4-2-3-5-14-9-6-8(10)11-7-12-9/h6-7H,2-5H2,1H3. The maximum atomic E-state index is 5.66. The summed E-state index contributed by atoms with van der Waals surface area (Å²) >= 11 is 5.66. The summed E-state index contributed by atoms with van der Waals surface area (Å²) in [6.07, 6.45) is 3.30. The van der Waals surface area contributed by atoms with E-state index in [1.165, 1.54) is 6.33 Å². The molecule has 0 spiro atoms. The second-order valence-electron chi connectivity index (χ2n) is 2.73. The Labute approximate surface area is 88.2 Å². The molecular formula is C9H13ClN2O2. The van der Waals surface area contributed by atoms with Crippen LogP contribution in [-0.2, 0) is 4.74 Å². The van der Waals surface area contributed by atoms with Gasteiger partial charge < -0.3 is 9.47 Å². The number of hydrogen-bond acceptors (Lipinski definition) is 4. The summed E-state index contributed by atoms with van der Waals surface area (Å²) in [6.45, 7) is 1.38. The van der Waals surface area contributed by atoms with Gasteiger partial charge in [-0.05, 0) is 12.8 Å². The van der Waals surface area contributed by atoms with Crippen molar-refractivity contribution in [1.82, 2.24) is 9.97 Å². The van der Waals surface area contributed by atoms with Crippen LogP contribution in [0.4, 0.5) is 0 Å². The fourth-order valence-electron chi connectivity index (χ4n) is 0.921. The maximum absolute atomic E-state index is 5.66. The Morgan fingerprint density at radius 2 is 2.07 bits per heavy atom. The zero-order valence-electron chi connectivity index (χ0n) is 8.07. The summed E-state index contributed by atoms with van der Waals surface area (Å²) < 4.78 is 10.3. The number of halogens is 1. The molecule has 78 valence electrons. The second-order valence-corrected chi connectivity index (χ2v) is 3.11. The van der Waals surface area contributed by atoms with Gasteiger partial charge in [-0.25, -0.2) is 9.97 Å². The van der Waals surface area contributed by atoms with Crippen LogP contribution in [0.5, 0.6) is 5.88 Å². The molecule has 0 aliphatic rings. The number of ether oxygens (including phenoxy) is 2. The van der Waals surface area contributed by atoms with Crippen LogP contribution in [0, 0.1) is 0 Å². The topological polar surface area (TPSA) is 44.2 Å². The molecule has 0 amide bonds. The van der Waals surface area contributed by atoms with Crippen LogP contribution in [0.1, 0.15) is 12.8 Å². The summed E-state index contributed by atoms with van der Waals surface area (Å²) in [6, 6.07) is 1.60. The van der Waals surface area contributed by atoms with Crippen molar-refractivity contribution < 1.29 is 9.47 Å². The van der Waals surface area contributed by atoms with Crippen LogP contribution in [0.2, 0.25) is 5.15 Å². The van der Waals surface area contributed by atoms with E-state index in [1.54, 1.807) is 13.2 Å². The van der Waals surface area contributed by atoms with E-state index in [-0.39, 0.29) is 0 Å². The number of hydrogen-bond donors (Lipinski definition) is 0. The molecule has 1 heterocycles. The number of nitrogens with zero attached hydrogens (tertiary/aromatic N) is 2. The highest BCUT2D eigenvalue weighted by molar-refractivity contribution is 6.29. The molecule has 4 nitrogen and oxygen atoms in total. The Hall–Kier alpha value is -0.870. The van der Waals surface area contributed by atoms with Crippen molar-refractivity contribution in [2.24, 2.45) is 0 Å². The number of aromatic nitrogens is 2. The first-order valence-corrected chi connectivity index (χ1v) is 4.80. The summed E-state index contributed by atoms with van der Waals surface area (Å²) in [4.78, 5) is 7.66. The van der Waals surface area contributed by atoms with Gasteiger partial charge in [0.2, 0.25) is 5.88 Å². The van der Waals surface area contributed by atoms with E-state index in [0.717, 1.165) is 19.4 Å². The van der Waals surface area contributed by atoms with Crippen molar-refractivity contribution in [1.29, 1.82) is 0 Å². The first-order chi connectivity index (χ1) is 6.83. The van der Waals surface area contributed by atoms with Crippen molar-refractivity contribution in [3.63, 3.8) is 0 Å². The summed E-state index contributed by atoms with van der Waals surface area (Å²) in [5.74, 6) is 0.516. The summed E-state index contributed by atoms with van der Waals surface area (Å²) in [5.41, 5.74) is 0. The smallest absolute Gasteiger partial charge is 0.217 e. The maximum Gasteiger partial charge on any atom is 0.217 e. The highest BCUT2D eigenvalue weighted by Gasteiger charge is 1.96. The molecule has 1 aromatic rings. The highest BCUT2D eigenvalue weighted by atomic mass is 35.5. The lowest BCUT2D eigenvalue weighted by molar-refractivity contribution is 0.183. The first kappa shape index (κ1) is 11.2. The lowest BCUT2D eigenvalue weighted by atomic mass is 10.3. The molecule has 14 heavy (non-hydrogen) atoms. The minimum Gasteiger partial charge on any atom is -0.478 e. The molecule has 0 radical (unpaired) electrons. The van der Waals surface area contributed by atoms with Gasteiger partial charge in [-0.2, -0.15) is 0 Å². The largest absolute Gasteiger partial charge is 0.478 e. The number of rotatable bonds is 6. The van der Waals surface area contributed by atoms with Gasteiger partial charge in [0.05, 0.1) is 6.61 Å². The monoisotopic (exact) mass is 216 g/mol. The lowest BCUT2D eigenvalue weighted by Gasteiger charge is -2.04. The SMILES string of the molecule is COCCCCOc1cc(Cl)ncn1. The molecule has 0 aromatic carbocycles. The van der Waals surface area contributed by atoms with E-state index >= 15 is 0 Å². The summed E-state index contributed by atoms with van der Waals surface area (Å²) in [7, 11) is 1.69. The number of unbranched alkanes of at least 4 members (excludes halogenated alkanes) is 1. The van der Waals surface area contributed by atoms with E-state index in [4.69, 9.17) is 21.1 Å². The van der Waals surface area contributed by atoms with Gasteiger partial charge in [-0.1, -0.05) is 11.6 Å². The van der Waals surface area contributed by atoms with E-state index in [0.29, 0.717) is 17.6 Å². The molecule has 0 saturated heterocycles. The third kappa shape index (κ3) is 4.39. The molecule has 1 rings (SSSR count). The molecule has 0 unspecified atom stereocenters. The van der Waals surface area contributed by atoms with Crippen molar-refractivity contribution in [3.05, 3.63) is 17.5 Å². The molecule has 0 aliphatic heterocycles. The number of methoxy groups -OCH3 is 1. The van der Waals surface area contributed by atoms with Crippen molar-refractivity contribution in [2.75, 3.05) is 20.3 Å². The molecule has 0 saturated carbocycles. The molecule has 1 aromatic heterocycles. The van der Waals surface area contributed by atoms with Gasteiger partial charge in [-0.15, -0.1) is 0 Å². The van der Waals surface area contributed by atoms with Crippen LogP contribution in [0.25, 0.3) is 0 Å². The summed E-state index contributed by atoms with van der Waals surface area (Å²) in [5, 5.41) is 0.395. The Kier molecular flexibility index (Phi) is 5.25.